The van der Waals surface area contributed by atoms with Crippen molar-refractivity contribution in [2.24, 2.45) is 5.92 Å². The van der Waals surface area contributed by atoms with Crippen molar-refractivity contribution in [2.45, 2.75) is 38.5 Å². The standard InChI is InChI=1S/C11H15FN2O4/c1-5-8(12)10(18-9(5)6(2)15)14-4-3-7(16)13-11(14)17/h3-6,8-10,15H,1-2H3,(H,13,16,17)/t5?,6-,8+,9+,10-/m1/s1. The molecule has 1 aromatic heterocycles. The van der Waals surface area contributed by atoms with Crippen LogP contribution in [0.5, 0.6) is 0 Å². The van der Waals surface area contributed by atoms with Crippen LogP contribution in [0.25, 0.3) is 0 Å². The van der Waals surface area contributed by atoms with E-state index in [1.807, 2.05) is 4.98 Å². The van der Waals surface area contributed by atoms with E-state index < -0.39 is 41.8 Å². The number of rotatable bonds is 2. The van der Waals surface area contributed by atoms with E-state index in [9.17, 15) is 19.1 Å². The summed E-state index contributed by atoms with van der Waals surface area (Å²) in [6.45, 7) is 3.12. The lowest BCUT2D eigenvalue weighted by molar-refractivity contribution is -0.0684. The number of aromatic amines is 1. The van der Waals surface area contributed by atoms with Crippen LogP contribution in [0.4, 0.5) is 4.39 Å². The van der Waals surface area contributed by atoms with E-state index in [4.69, 9.17) is 4.74 Å². The molecule has 2 heterocycles. The lowest BCUT2D eigenvalue weighted by Crippen LogP contribution is -2.34. The van der Waals surface area contributed by atoms with Gasteiger partial charge in [-0.25, -0.2) is 9.18 Å². The van der Waals surface area contributed by atoms with Crippen LogP contribution < -0.4 is 11.2 Å². The third-order valence-corrected chi connectivity index (χ3v) is 3.19. The number of aliphatic hydroxyl groups excluding tert-OH is 1. The molecule has 0 radical (unpaired) electrons. The lowest BCUT2D eigenvalue weighted by Gasteiger charge is -2.17. The highest BCUT2D eigenvalue weighted by molar-refractivity contribution is 4.93. The summed E-state index contributed by atoms with van der Waals surface area (Å²) in [7, 11) is 0. The number of nitrogens with zero attached hydrogens (tertiary/aromatic N) is 1. The maximum absolute atomic E-state index is 14.1. The van der Waals surface area contributed by atoms with Crippen LogP contribution in [0.1, 0.15) is 20.1 Å². The Kier molecular flexibility index (Phi) is 3.36. The van der Waals surface area contributed by atoms with Gasteiger partial charge in [-0.15, -0.1) is 0 Å². The number of aliphatic hydroxyl groups is 1. The van der Waals surface area contributed by atoms with Crippen LogP contribution in [-0.2, 0) is 4.74 Å². The molecular formula is C11H15FN2O4. The van der Waals surface area contributed by atoms with E-state index in [0.717, 1.165) is 10.6 Å². The number of alkyl halides is 1. The fourth-order valence-electron chi connectivity index (χ4n) is 2.20. The zero-order valence-electron chi connectivity index (χ0n) is 10.0. The van der Waals surface area contributed by atoms with Gasteiger partial charge in [-0.3, -0.25) is 14.3 Å². The number of nitrogens with one attached hydrogen (secondary N) is 1. The topological polar surface area (TPSA) is 84.3 Å². The molecule has 18 heavy (non-hydrogen) atoms. The van der Waals surface area contributed by atoms with Crippen molar-refractivity contribution in [3.8, 4) is 0 Å². The first-order valence-corrected chi connectivity index (χ1v) is 5.71. The fraction of sp³-hybridized carbons (Fsp3) is 0.636. The second-order valence-corrected chi connectivity index (χ2v) is 4.55. The van der Waals surface area contributed by atoms with Gasteiger partial charge >= 0.3 is 5.69 Å². The van der Waals surface area contributed by atoms with Gasteiger partial charge in [-0.1, -0.05) is 6.92 Å². The summed E-state index contributed by atoms with van der Waals surface area (Å²) in [5, 5.41) is 9.48. The van der Waals surface area contributed by atoms with Gasteiger partial charge in [0.25, 0.3) is 5.56 Å². The molecule has 6 nitrogen and oxygen atoms in total. The zero-order valence-corrected chi connectivity index (χ0v) is 10.0. The summed E-state index contributed by atoms with van der Waals surface area (Å²) >= 11 is 0. The van der Waals surface area contributed by atoms with Crippen LogP contribution in [0.15, 0.2) is 21.9 Å². The van der Waals surface area contributed by atoms with Gasteiger partial charge in [0.05, 0.1) is 12.2 Å². The first-order valence-electron chi connectivity index (χ1n) is 5.71. The molecule has 1 aliphatic heterocycles. The molecule has 0 bridgehead atoms. The van der Waals surface area contributed by atoms with Crippen LogP contribution in [-0.4, -0.2) is 33.0 Å². The van der Waals surface area contributed by atoms with Crippen molar-refractivity contribution in [3.63, 3.8) is 0 Å². The van der Waals surface area contributed by atoms with E-state index in [1.165, 1.54) is 13.1 Å². The van der Waals surface area contributed by atoms with Crippen LogP contribution >= 0.6 is 0 Å². The average molecular weight is 258 g/mol. The first kappa shape index (κ1) is 13.0. The van der Waals surface area contributed by atoms with Crippen LogP contribution in [0.3, 0.4) is 0 Å². The van der Waals surface area contributed by atoms with Gasteiger partial charge in [0, 0.05) is 18.2 Å². The Labute approximate surface area is 102 Å². The van der Waals surface area contributed by atoms with Gasteiger partial charge in [0.1, 0.15) is 0 Å². The molecule has 1 aliphatic rings. The number of H-pyrrole nitrogens is 1. The third kappa shape index (κ3) is 2.11. The summed E-state index contributed by atoms with van der Waals surface area (Å²) < 4.78 is 20.4. The van der Waals surface area contributed by atoms with Crippen molar-refractivity contribution in [1.29, 1.82) is 0 Å². The minimum Gasteiger partial charge on any atom is -0.391 e. The molecular weight excluding hydrogens is 243 g/mol. The number of ether oxygens (including phenoxy) is 1. The summed E-state index contributed by atoms with van der Waals surface area (Å²) in [6, 6.07) is 1.12. The highest BCUT2D eigenvalue weighted by Crippen LogP contribution is 2.36. The van der Waals surface area contributed by atoms with E-state index in [0.29, 0.717) is 0 Å². The molecule has 1 fully saturated rings. The van der Waals surface area contributed by atoms with Crippen molar-refractivity contribution in [2.75, 3.05) is 0 Å². The Balaban J connectivity index is 2.35. The molecule has 5 atom stereocenters. The SMILES string of the molecule is CC1[C@H](F)[C@H](n2ccc(=O)[nH]c2=O)O[C@@H]1[C@@H](C)O. The summed E-state index contributed by atoms with van der Waals surface area (Å²) in [6.07, 6.45) is -2.86. The summed E-state index contributed by atoms with van der Waals surface area (Å²) in [4.78, 5) is 24.5. The Morgan fingerprint density at radius 2 is 2.22 bits per heavy atom. The average Bonchev–Trinajstić information content (AvgIpc) is 2.57. The lowest BCUT2D eigenvalue weighted by atomic mass is 9.98. The Bertz CT molecular complexity index is 538. The Morgan fingerprint density at radius 3 is 2.72 bits per heavy atom. The normalized spacial score (nSPS) is 33.6. The molecule has 0 amide bonds. The van der Waals surface area contributed by atoms with Crippen molar-refractivity contribution in [3.05, 3.63) is 33.1 Å². The van der Waals surface area contributed by atoms with Crippen molar-refractivity contribution in [1.82, 2.24) is 9.55 Å². The third-order valence-electron chi connectivity index (χ3n) is 3.19. The van der Waals surface area contributed by atoms with Crippen LogP contribution in [0.2, 0.25) is 0 Å². The number of hydrogen-bond donors (Lipinski definition) is 2. The predicted molar refractivity (Wildman–Crippen MR) is 61.0 cm³/mol. The minimum absolute atomic E-state index is 0.533. The fourth-order valence-corrected chi connectivity index (χ4v) is 2.20. The van der Waals surface area contributed by atoms with Crippen molar-refractivity contribution < 1.29 is 14.2 Å². The van der Waals surface area contributed by atoms with Gasteiger partial charge < -0.3 is 9.84 Å². The molecule has 1 aromatic rings. The number of aromatic nitrogens is 2. The van der Waals surface area contributed by atoms with E-state index in [1.54, 1.807) is 6.92 Å². The molecule has 1 unspecified atom stereocenters. The van der Waals surface area contributed by atoms with Crippen molar-refractivity contribution >= 4 is 0 Å². The highest BCUT2D eigenvalue weighted by Gasteiger charge is 2.45. The molecule has 1 saturated heterocycles. The zero-order chi connectivity index (χ0) is 13.4. The Morgan fingerprint density at radius 1 is 1.56 bits per heavy atom. The molecule has 2 N–H and O–H groups in total. The van der Waals surface area contributed by atoms with E-state index in [2.05, 4.69) is 0 Å². The van der Waals surface area contributed by atoms with Gasteiger partial charge in [-0.05, 0) is 6.92 Å². The molecule has 0 aliphatic carbocycles. The molecule has 2 rings (SSSR count). The molecule has 0 spiro atoms. The molecule has 7 heteroatoms. The maximum atomic E-state index is 14.1. The quantitative estimate of drug-likeness (QED) is 0.768. The number of halogens is 1. The highest BCUT2D eigenvalue weighted by atomic mass is 19.1. The largest absolute Gasteiger partial charge is 0.391 e. The second kappa shape index (κ2) is 4.66. The summed E-state index contributed by atoms with van der Waals surface area (Å²) in [5.74, 6) is -0.533. The number of hydrogen-bond acceptors (Lipinski definition) is 4. The van der Waals surface area contributed by atoms with E-state index in [-0.39, 0.29) is 0 Å². The monoisotopic (exact) mass is 258 g/mol. The maximum Gasteiger partial charge on any atom is 0.330 e. The minimum atomic E-state index is -1.42. The second-order valence-electron chi connectivity index (χ2n) is 4.55. The van der Waals surface area contributed by atoms with E-state index >= 15 is 0 Å². The molecule has 100 valence electrons. The smallest absolute Gasteiger partial charge is 0.330 e. The van der Waals surface area contributed by atoms with Gasteiger partial charge in [-0.2, -0.15) is 0 Å². The molecule has 0 aromatic carbocycles. The molecule has 0 saturated carbocycles. The Hall–Kier alpha value is -1.47. The predicted octanol–water partition coefficient (Wildman–Crippen LogP) is -0.211. The first-order chi connectivity index (χ1) is 8.41. The van der Waals surface area contributed by atoms with Crippen LogP contribution in [0, 0.1) is 5.92 Å². The van der Waals surface area contributed by atoms with Gasteiger partial charge in [0.15, 0.2) is 12.4 Å². The summed E-state index contributed by atoms with van der Waals surface area (Å²) in [5.41, 5.74) is -1.28. The van der Waals surface area contributed by atoms with Gasteiger partial charge in [0.2, 0.25) is 0 Å².